The maximum absolute atomic E-state index is 10.2. The summed E-state index contributed by atoms with van der Waals surface area (Å²) in [5, 5.41) is 40.7. The van der Waals surface area contributed by atoms with Crippen molar-refractivity contribution < 1.29 is 0 Å². The van der Waals surface area contributed by atoms with Crippen molar-refractivity contribution in [2.45, 2.75) is 0 Å². The number of hydrogen-bond acceptors (Lipinski definition) is 4. The van der Waals surface area contributed by atoms with E-state index in [-0.39, 0.29) is 78.4 Å². The van der Waals surface area contributed by atoms with Crippen LogP contribution in [0.4, 0.5) is 22.7 Å². The molecule has 8 heteroatoms. The summed E-state index contributed by atoms with van der Waals surface area (Å²) in [6, 6.07) is 30.4. The average Bonchev–Trinajstić information content (AvgIpc) is 3.12. The molecule has 0 bridgehead atoms. The Morgan fingerprint density at radius 1 is 0.370 bits per heavy atom. The summed E-state index contributed by atoms with van der Waals surface area (Å²) in [5.74, 6) is 0. The molecule has 0 fully saturated rings. The Morgan fingerprint density at radius 2 is 0.630 bits per heavy atom. The lowest BCUT2D eigenvalue weighted by Gasteiger charge is -2.22. The van der Waals surface area contributed by atoms with E-state index in [1.807, 2.05) is 0 Å². The van der Waals surface area contributed by atoms with E-state index >= 15 is 0 Å². The lowest BCUT2D eigenvalue weighted by atomic mass is 9.80. The molecule has 0 radical (unpaired) electrons. The highest BCUT2D eigenvalue weighted by molar-refractivity contribution is 6.06. The molecule has 0 aliphatic carbocycles. The van der Waals surface area contributed by atoms with Crippen LogP contribution in [-0.2, 0) is 0 Å². The van der Waals surface area contributed by atoms with Crippen molar-refractivity contribution in [2.75, 3.05) is 0 Å². The molecule has 5 aromatic carbocycles. The van der Waals surface area contributed by atoms with Crippen LogP contribution in [0.3, 0.4) is 0 Å². The van der Waals surface area contributed by atoms with Crippen molar-refractivity contribution in [1.82, 2.24) is 0 Å². The minimum atomic E-state index is 0.120. The molecule has 0 heterocycles. The highest BCUT2D eigenvalue weighted by atomic mass is 14.7. The average molecular weight is 583 g/mol. The van der Waals surface area contributed by atoms with Crippen LogP contribution in [0.1, 0.15) is 22.3 Å². The molecule has 0 N–H and O–H groups in total. The molecule has 0 aromatic heterocycles. The van der Waals surface area contributed by atoms with Crippen molar-refractivity contribution >= 4 is 22.7 Å². The first-order chi connectivity index (χ1) is 22.5. The summed E-state index contributed by atoms with van der Waals surface area (Å²) in [5.41, 5.74) is 3.12. The molecule has 206 valence electrons. The third kappa shape index (κ3) is 4.79. The summed E-state index contributed by atoms with van der Waals surface area (Å²) in [6.07, 6.45) is 0. The van der Waals surface area contributed by atoms with E-state index in [1.165, 1.54) is 0 Å². The number of benzene rings is 5. The minimum absolute atomic E-state index is 0.120. The number of nitrogens with zero attached hydrogens (tertiary/aromatic N) is 8. The molecule has 0 amide bonds. The summed E-state index contributed by atoms with van der Waals surface area (Å²) in [4.78, 5) is 14.7. The van der Waals surface area contributed by atoms with E-state index in [2.05, 4.69) is 43.7 Å². The van der Waals surface area contributed by atoms with Crippen molar-refractivity contribution in [1.29, 1.82) is 21.0 Å². The van der Waals surface area contributed by atoms with Gasteiger partial charge in [0, 0.05) is 27.8 Å². The first kappa shape index (κ1) is 29.5. The molecule has 46 heavy (non-hydrogen) atoms. The van der Waals surface area contributed by atoms with E-state index in [1.54, 1.807) is 84.9 Å². The smallest absolute Gasteiger partial charge is 0.196 e. The van der Waals surface area contributed by atoms with Crippen LogP contribution in [0.15, 0.2) is 84.9 Å². The van der Waals surface area contributed by atoms with Crippen LogP contribution in [0.5, 0.6) is 0 Å². The first-order valence-electron chi connectivity index (χ1n) is 13.3. The second-order valence-electron chi connectivity index (χ2n) is 9.64. The molecular formula is C38H14N8. The molecule has 0 atom stereocenters. The molecule has 0 unspecified atom stereocenters. The van der Waals surface area contributed by atoms with Gasteiger partial charge in [-0.15, -0.1) is 0 Å². The fourth-order valence-corrected chi connectivity index (χ4v) is 5.47. The van der Waals surface area contributed by atoms with E-state index < -0.39 is 0 Å². The zero-order valence-electron chi connectivity index (χ0n) is 23.7. The summed E-state index contributed by atoms with van der Waals surface area (Å²) < 4.78 is 0. The summed E-state index contributed by atoms with van der Waals surface area (Å²) in [7, 11) is 0. The summed E-state index contributed by atoms with van der Waals surface area (Å²) >= 11 is 0. The standard InChI is InChI=1S/C38H14N8/c1-43-31-13-6-11-25(21-41)36(31)28-18-30(38-33(45-3)15-8-16-34(38)46-4)29(37-26(22-42)12-7-14-32(37)44-2)17-27(28)35-23(19-39)9-5-10-24(35)20-40/h5-18H. The van der Waals surface area contributed by atoms with Gasteiger partial charge in [-0.3, -0.25) is 0 Å². The van der Waals surface area contributed by atoms with Crippen LogP contribution in [-0.4, -0.2) is 0 Å². The Bertz CT molecular complexity index is 1990. The molecular weight excluding hydrogens is 568 g/mol. The molecule has 0 spiro atoms. The second-order valence-corrected chi connectivity index (χ2v) is 9.64. The Hall–Kier alpha value is -7.98. The van der Waals surface area contributed by atoms with Gasteiger partial charge in [-0.1, -0.05) is 48.5 Å². The molecule has 8 nitrogen and oxygen atoms in total. The van der Waals surface area contributed by atoms with Crippen molar-refractivity contribution in [3.63, 3.8) is 0 Å². The lowest BCUT2D eigenvalue weighted by molar-refractivity contribution is 1.43. The third-order valence-corrected chi connectivity index (χ3v) is 7.37. The van der Waals surface area contributed by atoms with Gasteiger partial charge < -0.3 is 0 Å². The van der Waals surface area contributed by atoms with E-state index in [0.29, 0.717) is 11.1 Å². The van der Waals surface area contributed by atoms with Crippen LogP contribution >= 0.6 is 0 Å². The maximum atomic E-state index is 10.2. The van der Waals surface area contributed by atoms with Gasteiger partial charge in [0.15, 0.2) is 22.7 Å². The summed E-state index contributed by atoms with van der Waals surface area (Å²) in [6.45, 7) is 31.7. The molecule has 0 aliphatic rings. The Balaban J connectivity index is 2.18. The monoisotopic (exact) mass is 582 g/mol. The third-order valence-electron chi connectivity index (χ3n) is 7.37. The number of hydrogen-bond donors (Lipinski definition) is 0. The Labute approximate surface area is 265 Å². The van der Waals surface area contributed by atoms with Crippen LogP contribution < -0.4 is 0 Å². The van der Waals surface area contributed by atoms with Gasteiger partial charge in [0.25, 0.3) is 0 Å². The maximum Gasteiger partial charge on any atom is 0.196 e. The van der Waals surface area contributed by atoms with Crippen LogP contribution in [0.25, 0.3) is 63.9 Å². The van der Waals surface area contributed by atoms with E-state index in [4.69, 9.17) is 26.3 Å². The normalized spacial score (nSPS) is 9.57. The zero-order chi connectivity index (χ0) is 32.8. The topological polar surface area (TPSA) is 113 Å². The van der Waals surface area contributed by atoms with Gasteiger partial charge in [-0.05, 0) is 64.2 Å². The predicted octanol–water partition coefficient (Wildman–Crippen LogP) is 10.0. The molecule has 5 aromatic rings. The van der Waals surface area contributed by atoms with Gasteiger partial charge in [0.1, 0.15) is 0 Å². The second kappa shape index (κ2) is 12.5. The molecule has 0 aliphatic heterocycles. The lowest BCUT2D eigenvalue weighted by Crippen LogP contribution is -1.98. The fraction of sp³-hybridized carbons (Fsp3) is 0. The van der Waals surface area contributed by atoms with Gasteiger partial charge in [0.05, 0.1) is 61.7 Å². The van der Waals surface area contributed by atoms with Crippen molar-refractivity contribution in [3.8, 4) is 68.8 Å². The van der Waals surface area contributed by atoms with E-state index in [0.717, 1.165) is 0 Å². The van der Waals surface area contributed by atoms with Gasteiger partial charge in [-0.2, -0.15) is 21.0 Å². The van der Waals surface area contributed by atoms with Crippen LogP contribution in [0, 0.1) is 71.6 Å². The number of nitriles is 4. The zero-order valence-corrected chi connectivity index (χ0v) is 23.7. The minimum Gasteiger partial charge on any atom is -0.239 e. The molecule has 5 rings (SSSR count). The van der Waals surface area contributed by atoms with Crippen LogP contribution in [0.2, 0.25) is 0 Å². The number of rotatable bonds is 4. The highest BCUT2D eigenvalue weighted by Gasteiger charge is 2.26. The fourth-order valence-electron chi connectivity index (χ4n) is 5.47. The van der Waals surface area contributed by atoms with Crippen molar-refractivity contribution in [3.05, 3.63) is 153 Å². The highest BCUT2D eigenvalue weighted by Crippen LogP contribution is 2.52. The largest absolute Gasteiger partial charge is 0.239 e. The molecule has 0 saturated heterocycles. The SMILES string of the molecule is [C-]#[N+]c1cccc(C#N)c1-c1cc(-c2c([N+]#[C-])cccc2[N+]#[C-])c(-c2c(C#N)cccc2[N+]#[C-])cc1-c1c(C#N)cccc1C#N. The Kier molecular flexibility index (Phi) is 8.01. The quantitative estimate of drug-likeness (QED) is 0.196. The molecule has 0 saturated carbocycles. The van der Waals surface area contributed by atoms with Gasteiger partial charge in [-0.25, -0.2) is 19.4 Å². The van der Waals surface area contributed by atoms with Gasteiger partial charge >= 0.3 is 0 Å². The van der Waals surface area contributed by atoms with Crippen molar-refractivity contribution in [2.24, 2.45) is 0 Å². The Morgan fingerprint density at radius 3 is 0.978 bits per heavy atom. The van der Waals surface area contributed by atoms with Gasteiger partial charge in [0.2, 0.25) is 0 Å². The van der Waals surface area contributed by atoms with E-state index in [9.17, 15) is 21.0 Å². The predicted molar refractivity (Wildman–Crippen MR) is 172 cm³/mol. The first-order valence-corrected chi connectivity index (χ1v) is 13.3.